The van der Waals surface area contributed by atoms with E-state index in [0.29, 0.717) is 18.2 Å². The van der Waals surface area contributed by atoms with E-state index in [9.17, 15) is 8.42 Å². The minimum absolute atomic E-state index is 0.138. The van der Waals surface area contributed by atoms with Crippen LogP contribution in [-0.4, -0.2) is 33.6 Å². The predicted octanol–water partition coefficient (Wildman–Crippen LogP) is 1.70. The Balaban J connectivity index is 2.09. The largest absolute Gasteiger partial charge is 0.495 e. The van der Waals surface area contributed by atoms with Gasteiger partial charge in [-0.3, -0.25) is 0 Å². The van der Waals surface area contributed by atoms with E-state index in [4.69, 9.17) is 10.5 Å². The lowest BCUT2D eigenvalue weighted by molar-refractivity contribution is 0.402. The number of benzene rings is 1. The minimum Gasteiger partial charge on any atom is -0.495 e. The van der Waals surface area contributed by atoms with Crippen LogP contribution in [-0.2, 0) is 10.0 Å². The van der Waals surface area contributed by atoms with Crippen LogP contribution in [0.1, 0.15) is 12.8 Å². The quantitative estimate of drug-likeness (QED) is 0.808. The van der Waals surface area contributed by atoms with Crippen molar-refractivity contribution in [1.82, 2.24) is 4.72 Å². The molecule has 1 fully saturated rings. The van der Waals surface area contributed by atoms with Gasteiger partial charge >= 0.3 is 0 Å². The molecule has 1 aromatic carbocycles. The molecule has 7 heteroatoms. The molecule has 1 heterocycles. The summed E-state index contributed by atoms with van der Waals surface area (Å²) in [7, 11) is -2.12. The number of ether oxygens (including phenoxy) is 1. The van der Waals surface area contributed by atoms with E-state index >= 15 is 0 Å². The molecule has 0 radical (unpaired) electrons. The van der Waals surface area contributed by atoms with Crippen molar-refractivity contribution < 1.29 is 13.2 Å². The Labute approximate surface area is 124 Å². The Morgan fingerprint density at radius 1 is 1.40 bits per heavy atom. The monoisotopic (exact) mass is 316 g/mol. The number of nitrogens with one attached hydrogen (secondary N) is 1. The Morgan fingerprint density at radius 3 is 2.75 bits per heavy atom. The van der Waals surface area contributed by atoms with Gasteiger partial charge in [-0.1, -0.05) is 0 Å². The van der Waals surface area contributed by atoms with Crippen LogP contribution in [0.2, 0.25) is 0 Å². The summed E-state index contributed by atoms with van der Waals surface area (Å²) in [4.78, 5) is 0.138. The van der Waals surface area contributed by atoms with Crippen molar-refractivity contribution in [3.8, 4) is 5.75 Å². The zero-order chi connectivity index (χ0) is 14.6. The lowest BCUT2D eigenvalue weighted by atomic mass is 10.0. The van der Waals surface area contributed by atoms with E-state index < -0.39 is 10.0 Å². The molecule has 0 saturated carbocycles. The molecule has 1 aliphatic rings. The van der Waals surface area contributed by atoms with E-state index in [0.717, 1.165) is 24.3 Å². The lowest BCUT2D eigenvalue weighted by Gasteiger charge is -2.21. The average Bonchev–Trinajstić information content (AvgIpc) is 2.46. The van der Waals surface area contributed by atoms with Crippen LogP contribution in [0.4, 0.5) is 5.69 Å². The molecule has 20 heavy (non-hydrogen) atoms. The van der Waals surface area contributed by atoms with Crippen LogP contribution in [0.3, 0.4) is 0 Å². The summed E-state index contributed by atoms with van der Waals surface area (Å²) in [5.74, 6) is 2.91. The number of anilines is 1. The first-order valence-electron chi connectivity index (χ1n) is 6.54. The maximum atomic E-state index is 12.3. The van der Waals surface area contributed by atoms with Gasteiger partial charge in [-0.2, -0.15) is 11.8 Å². The minimum atomic E-state index is -3.56. The number of methoxy groups -OCH3 is 1. The molecule has 0 spiro atoms. The molecule has 112 valence electrons. The fourth-order valence-corrected chi connectivity index (χ4v) is 4.63. The highest BCUT2D eigenvalue weighted by molar-refractivity contribution is 7.99. The SMILES string of the molecule is COc1cc(N)ccc1S(=O)(=O)NCC1CCSCC1. The summed E-state index contributed by atoms with van der Waals surface area (Å²) in [6.45, 7) is 0.483. The van der Waals surface area contributed by atoms with Crippen molar-refractivity contribution in [2.45, 2.75) is 17.7 Å². The van der Waals surface area contributed by atoms with Crippen molar-refractivity contribution in [3.05, 3.63) is 18.2 Å². The molecule has 2 rings (SSSR count). The second-order valence-electron chi connectivity index (χ2n) is 4.82. The maximum Gasteiger partial charge on any atom is 0.244 e. The summed E-state index contributed by atoms with van der Waals surface area (Å²) in [6, 6.07) is 4.56. The molecule has 0 bridgehead atoms. The Bertz CT molecular complexity index is 555. The first kappa shape index (κ1) is 15.5. The van der Waals surface area contributed by atoms with Crippen molar-refractivity contribution in [2.75, 3.05) is 30.9 Å². The summed E-state index contributed by atoms with van der Waals surface area (Å²) in [5.41, 5.74) is 6.12. The standard InChI is InChI=1S/C13H20N2O3S2/c1-18-12-8-11(14)2-3-13(12)20(16,17)15-9-10-4-6-19-7-5-10/h2-3,8,10,15H,4-7,9,14H2,1H3. The third kappa shape index (κ3) is 3.80. The first-order chi connectivity index (χ1) is 9.53. The van der Waals surface area contributed by atoms with Crippen LogP contribution < -0.4 is 15.2 Å². The number of rotatable bonds is 5. The molecule has 1 aromatic rings. The predicted molar refractivity (Wildman–Crippen MR) is 82.6 cm³/mol. The number of sulfonamides is 1. The fourth-order valence-electron chi connectivity index (χ4n) is 2.16. The molecule has 1 aliphatic heterocycles. The third-order valence-electron chi connectivity index (χ3n) is 3.38. The number of hydrogen-bond donors (Lipinski definition) is 2. The van der Waals surface area contributed by atoms with Gasteiger partial charge in [-0.15, -0.1) is 0 Å². The molecule has 0 unspecified atom stereocenters. The van der Waals surface area contributed by atoms with E-state index in [1.807, 2.05) is 11.8 Å². The normalized spacial score (nSPS) is 17.1. The molecule has 0 aliphatic carbocycles. The van der Waals surface area contributed by atoms with Crippen molar-refractivity contribution in [2.24, 2.45) is 5.92 Å². The van der Waals surface area contributed by atoms with Gasteiger partial charge in [0, 0.05) is 18.3 Å². The van der Waals surface area contributed by atoms with Crippen LogP contribution in [0.5, 0.6) is 5.75 Å². The number of nitrogens with two attached hydrogens (primary N) is 1. The molecule has 3 N–H and O–H groups in total. The van der Waals surface area contributed by atoms with Crippen molar-refractivity contribution in [1.29, 1.82) is 0 Å². The highest BCUT2D eigenvalue weighted by Gasteiger charge is 2.22. The summed E-state index contributed by atoms with van der Waals surface area (Å²) in [5, 5.41) is 0. The fraction of sp³-hybridized carbons (Fsp3) is 0.538. The van der Waals surface area contributed by atoms with Gasteiger partial charge in [0.1, 0.15) is 10.6 Å². The Hall–Kier alpha value is -0.920. The van der Waals surface area contributed by atoms with Gasteiger partial charge in [0.25, 0.3) is 0 Å². The molecular weight excluding hydrogens is 296 g/mol. The average molecular weight is 316 g/mol. The second-order valence-corrected chi connectivity index (χ2v) is 7.78. The van der Waals surface area contributed by atoms with Crippen LogP contribution in [0.25, 0.3) is 0 Å². The number of thioether (sulfide) groups is 1. The summed E-state index contributed by atoms with van der Waals surface area (Å²) < 4.78 is 32.4. The van der Waals surface area contributed by atoms with Crippen molar-refractivity contribution in [3.63, 3.8) is 0 Å². The van der Waals surface area contributed by atoms with Crippen LogP contribution >= 0.6 is 11.8 Å². The molecule has 5 nitrogen and oxygen atoms in total. The van der Waals surface area contributed by atoms with Crippen LogP contribution in [0, 0.1) is 5.92 Å². The molecule has 0 aromatic heterocycles. The molecular formula is C13H20N2O3S2. The highest BCUT2D eigenvalue weighted by Crippen LogP contribution is 2.27. The second kappa shape index (κ2) is 6.69. The molecule has 1 saturated heterocycles. The van der Waals surface area contributed by atoms with E-state index in [-0.39, 0.29) is 10.6 Å². The number of nitrogen functional groups attached to an aromatic ring is 1. The van der Waals surface area contributed by atoms with E-state index in [1.165, 1.54) is 19.2 Å². The van der Waals surface area contributed by atoms with Gasteiger partial charge in [0.2, 0.25) is 10.0 Å². The number of hydrogen-bond acceptors (Lipinski definition) is 5. The van der Waals surface area contributed by atoms with E-state index in [1.54, 1.807) is 6.07 Å². The van der Waals surface area contributed by atoms with Crippen LogP contribution in [0.15, 0.2) is 23.1 Å². The Morgan fingerprint density at radius 2 is 2.10 bits per heavy atom. The summed E-state index contributed by atoms with van der Waals surface area (Å²) in [6.07, 6.45) is 2.12. The first-order valence-corrected chi connectivity index (χ1v) is 9.17. The zero-order valence-electron chi connectivity index (χ0n) is 11.5. The molecule has 0 atom stereocenters. The van der Waals surface area contributed by atoms with Crippen molar-refractivity contribution >= 4 is 27.5 Å². The maximum absolute atomic E-state index is 12.3. The van der Waals surface area contributed by atoms with Gasteiger partial charge in [0.15, 0.2) is 0 Å². The Kier molecular flexibility index (Phi) is 5.17. The zero-order valence-corrected chi connectivity index (χ0v) is 13.1. The van der Waals surface area contributed by atoms with Gasteiger partial charge in [-0.05, 0) is 42.4 Å². The topological polar surface area (TPSA) is 81.4 Å². The third-order valence-corrected chi connectivity index (χ3v) is 5.89. The lowest BCUT2D eigenvalue weighted by Crippen LogP contribution is -2.31. The van der Waals surface area contributed by atoms with E-state index in [2.05, 4.69) is 4.72 Å². The smallest absolute Gasteiger partial charge is 0.244 e. The highest BCUT2D eigenvalue weighted by atomic mass is 32.2. The van der Waals surface area contributed by atoms with Gasteiger partial charge < -0.3 is 10.5 Å². The molecule has 0 amide bonds. The summed E-state index contributed by atoms with van der Waals surface area (Å²) >= 11 is 1.92. The van der Waals surface area contributed by atoms with Gasteiger partial charge in [0.05, 0.1) is 7.11 Å². The van der Waals surface area contributed by atoms with Gasteiger partial charge in [-0.25, -0.2) is 13.1 Å².